The van der Waals surface area contributed by atoms with E-state index in [0.717, 1.165) is 22.8 Å². The van der Waals surface area contributed by atoms with Gasteiger partial charge in [0.25, 0.3) is 15.7 Å². The molecule has 2 aromatic carbocycles. The first kappa shape index (κ1) is 21.3. The second-order valence-electron chi connectivity index (χ2n) is 7.06. The summed E-state index contributed by atoms with van der Waals surface area (Å²) in [5, 5.41) is 18.6. The zero-order valence-corrected chi connectivity index (χ0v) is 17.7. The monoisotopic (exact) mass is 429 g/mol. The maximum absolute atomic E-state index is 12.8. The lowest BCUT2D eigenvalue weighted by molar-refractivity contribution is -0.384. The van der Waals surface area contributed by atoms with E-state index in [2.05, 4.69) is 15.1 Å². The first-order chi connectivity index (χ1) is 14.2. The zero-order chi connectivity index (χ0) is 21.9. The molecule has 9 nitrogen and oxygen atoms in total. The fourth-order valence-electron chi connectivity index (χ4n) is 3.05. The summed E-state index contributed by atoms with van der Waals surface area (Å²) < 4.78 is 29.7. The average Bonchev–Trinajstić information content (AvgIpc) is 3.09. The van der Waals surface area contributed by atoms with Crippen LogP contribution < -0.4 is 10.0 Å². The lowest BCUT2D eigenvalue weighted by Crippen LogP contribution is -2.14. The molecule has 10 heteroatoms. The molecule has 0 unspecified atom stereocenters. The first-order valence-corrected chi connectivity index (χ1v) is 10.7. The molecule has 0 saturated heterocycles. The largest absolute Gasteiger partial charge is 0.379 e. The summed E-state index contributed by atoms with van der Waals surface area (Å²) in [5.74, 6) is 0. The molecule has 3 aromatic rings. The topological polar surface area (TPSA) is 119 Å². The first-order valence-electron chi connectivity index (χ1n) is 9.25. The number of hydrogen-bond acceptors (Lipinski definition) is 6. The third kappa shape index (κ3) is 4.95. The van der Waals surface area contributed by atoms with Crippen LogP contribution >= 0.6 is 0 Å². The summed E-state index contributed by atoms with van der Waals surface area (Å²) in [6.45, 7) is 4.15. The second kappa shape index (κ2) is 8.54. The van der Waals surface area contributed by atoms with E-state index in [4.69, 9.17) is 0 Å². The number of aromatic nitrogens is 2. The smallest absolute Gasteiger partial charge is 0.293 e. The van der Waals surface area contributed by atoms with Gasteiger partial charge in [-0.1, -0.05) is 17.7 Å². The van der Waals surface area contributed by atoms with Crippen LogP contribution in [-0.4, -0.2) is 29.7 Å². The maximum Gasteiger partial charge on any atom is 0.293 e. The Morgan fingerprint density at radius 1 is 1.13 bits per heavy atom. The predicted molar refractivity (Wildman–Crippen MR) is 115 cm³/mol. The van der Waals surface area contributed by atoms with Crippen LogP contribution in [0.2, 0.25) is 0 Å². The Labute approximate surface area is 174 Å². The number of nitro groups is 1. The van der Waals surface area contributed by atoms with Crippen LogP contribution in [0.15, 0.2) is 53.7 Å². The molecular formula is C20H23N5O4S. The standard InChI is InChI=1S/C20H23N5O4S/c1-14-4-6-18(15(2)10-14)23-30(28,29)17-5-7-19(20(11-17)25(26)27)21-9-8-16-12-22-24(3)13-16/h4-7,10-13,21,23H,8-9H2,1-3H3. The molecule has 158 valence electrons. The van der Waals surface area contributed by atoms with Gasteiger partial charge in [0, 0.05) is 25.9 Å². The Kier molecular flexibility index (Phi) is 6.06. The van der Waals surface area contributed by atoms with E-state index in [-0.39, 0.29) is 16.3 Å². The van der Waals surface area contributed by atoms with Gasteiger partial charge in [-0.25, -0.2) is 8.42 Å². The highest BCUT2D eigenvalue weighted by atomic mass is 32.2. The van der Waals surface area contributed by atoms with Crippen molar-refractivity contribution in [1.29, 1.82) is 0 Å². The van der Waals surface area contributed by atoms with E-state index in [1.807, 2.05) is 26.2 Å². The van der Waals surface area contributed by atoms with Crippen LogP contribution in [0.3, 0.4) is 0 Å². The molecule has 0 atom stereocenters. The van der Waals surface area contributed by atoms with Crippen molar-refractivity contribution >= 4 is 27.1 Å². The molecule has 1 aromatic heterocycles. The molecule has 0 radical (unpaired) electrons. The number of hydrogen-bond donors (Lipinski definition) is 2. The van der Waals surface area contributed by atoms with Crippen LogP contribution in [0.5, 0.6) is 0 Å². The van der Waals surface area contributed by atoms with Crippen LogP contribution in [0, 0.1) is 24.0 Å². The molecule has 2 N–H and O–H groups in total. The minimum absolute atomic E-state index is 0.174. The third-order valence-corrected chi connectivity index (χ3v) is 5.95. The van der Waals surface area contributed by atoms with E-state index < -0.39 is 14.9 Å². The number of benzene rings is 2. The van der Waals surface area contributed by atoms with Gasteiger partial charge < -0.3 is 5.32 Å². The Bertz CT molecular complexity index is 1190. The van der Waals surface area contributed by atoms with Gasteiger partial charge in [-0.15, -0.1) is 0 Å². The van der Waals surface area contributed by atoms with E-state index >= 15 is 0 Å². The minimum Gasteiger partial charge on any atom is -0.379 e. The molecule has 0 spiro atoms. The maximum atomic E-state index is 12.8. The van der Waals surface area contributed by atoms with Crippen molar-refractivity contribution in [3.63, 3.8) is 0 Å². The summed E-state index contributed by atoms with van der Waals surface area (Å²) in [7, 11) is -2.16. The van der Waals surface area contributed by atoms with Crippen LogP contribution in [0.1, 0.15) is 16.7 Å². The van der Waals surface area contributed by atoms with Crippen LogP contribution in [0.25, 0.3) is 0 Å². The minimum atomic E-state index is -3.98. The predicted octanol–water partition coefficient (Wildman–Crippen LogP) is 3.40. The SMILES string of the molecule is Cc1ccc(NS(=O)(=O)c2ccc(NCCc3cnn(C)c3)c([N+](=O)[O-])c2)c(C)c1. The average molecular weight is 430 g/mol. The van der Waals surface area contributed by atoms with Gasteiger partial charge in [0.2, 0.25) is 0 Å². The lowest BCUT2D eigenvalue weighted by Gasteiger charge is -2.12. The van der Waals surface area contributed by atoms with Crippen molar-refractivity contribution < 1.29 is 13.3 Å². The normalized spacial score (nSPS) is 11.3. The van der Waals surface area contributed by atoms with Crippen molar-refractivity contribution in [3.8, 4) is 0 Å². The van der Waals surface area contributed by atoms with Gasteiger partial charge in [-0.2, -0.15) is 5.10 Å². The Morgan fingerprint density at radius 3 is 2.50 bits per heavy atom. The van der Waals surface area contributed by atoms with Gasteiger partial charge in [-0.3, -0.25) is 19.5 Å². The van der Waals surface area contributed by atoms with E-state index in [9.17, 15) is 18.5 Å². The highest BCUT2D eigenvalue weighted by molar-refractivity contribution is 7.92. The summed E-state index contributed by atoms with van der Waals surface area (Å²) in [5.41, 5.74) is 3.15. The molecule has 0 aliphatic heterocycles. The number of anilines is 2. The van der Waals surface area contributed by atoms with Crippen molar-refractivity contribution in [3.05, 3.63) is 75.6 Å². The number of nitrogens with one attached hydrogen (secondary N) is 2. The number of nitro benzene ring substituents is 1. The van der Waals surface area contributed by atoms with Crippen LogP contribution in [-0.2, 0) is 23.5 Å². The van der Waals surface area contributed by atoms with Gasteiger partial charge in [0.1, 0.15) is 5.69 Å². The van der Waals surface area contributed by atoms with Gasteiger partial charge >= 0.3 is 0 Å². The van der Waals surface area contributed by atoms with E-state index in [0.29, 0.717) is 18.7 Å². The van der Waals surface area contributed by atoms with Crippen molar-refractivity contribution in [2.24, 2.45) is 7.05 Å². The quantitative estimate of drug-likeness (QED) is 0.418. The fourth-order valence-corrected chi connectivity index (χ4v) is 4.20. The lowest BCUT2D eigenvalue weighted by atomic mass is 10.1. The molecule has 0 aliphatic rings. The number of sulfonamides is 1. The number of nitrogens with zero attached hydrogens (tertiary/aromatic N) is 3. The number of aryl methyl sites for hydroxylation is 3. The molecular weight excluding hydrogens is 406 g/mol. The molecule has 0 saturated carbocycles. The van der Waals surface area contributed by atoms with Gasteiger partial charge in [0.05, 0.1) is 21.7 Å². The Balaban J connectivity index is 1.80. The third-order valence-electron chi connectivity index (χ3n) is 4.59. The zero-order valence-electron chi connectivity index (χ0n) is 16.9. The summed E-state index contributed by atoms with van der Waals surface area (Å²) >= 11 is 0. The highest BCUT2D eigenvalue weighted by Gasteiger charge is 2.22. The van der Waals surface area contributed by atoms with Crippen molar-refractivity contribution in [2.45, 2.75) is 25.2 Å². The van der Waals surface area contributed by atoms with Crippen molar-refractivity contribution in [1.82, 2.24) is 9.78 Å². The fraction of sp³-hybridized carbons (Fsp3) is 0.250. The molecule has 0 aliphatic carbocycles. The molecule has 0 bridgehead atoms. The summed E-state index contributed by atoms with van der Waals surface area (Å²) in [4.78, 5) is 10.8. The molecule has 30 heavy (non-hydrogen) atoms. The molecule has 0 fully saturated rings. The van der Waals surface area contributed by atoms with Crippen molar-refractivity contribution in [2.75, 3.05) is 16.6 Å². The molecule has 3 rings (SSSR count). The molecule has 0 amide bonds. The Morgan fingerprint density at radius 2 is 1.87 bits per heavy atom. The number of rotatable bonds is 8. The van der Waals surface area contributed by atoms with Crippen LogP contribution in [0.4, 0.5) is 17.1 Å². The summed E-state index contributed by atoms with van der Waals surface area (Å²) in [6.07, 6.45) is 4.22. The molecule has 1 heterocycles. The van der Waals surface area contributed by atoms with Gasteiger partial charge in [-0.05, 0) is 49.6 Å². The van der Waals surface area contributed by atoms with Gasteiger partial charge in [0.15, 0.2) is 0 Å². The summed E-state index contributed by atoms with van der Waals surface area (Å²) in [6, 6.07) is 9.16. The second-order valence-corrected chi connectivity index (χ2v) is 8.74. The van der Waals surface area contributed by atoms with E-state index in [1.165, 1.54) is 12.1 Å². The Hall–Kier alpha value is -3.40. The highest BCUT2D eigenvalue weighted by Crippen LogP contribution is 2.29. The van der Waals surface area contributed by atoms with E-state index in [1.54, 1.807) is 29.9 Å².